The molecule has 0 aromatic carbocycles. The van der Waals surface area contributed by atoms with E-state index >= 15 is 0 Å². The molecule has 6 nitrogen and oxygen atoms in total. The lowest BCUT2D eigenvalue weighted by Crippen LogP contribution is -2.46. The Balaban J connectivity index is 4.19. The van der Waals surface area contributed by atoms with E-state index < -0.39 is 23.6 Å². The highest BCUT2D eigenvalue weighted by Crippen LogP contribution is 2.07. The van der Waals surface area contributed by atoms with Crippen molar-refractivity contribution in [3.05, 3.63) is 0 Å². The number of methoxy groups -OCH3 is 1. The van der Waals surface area contributed by atoms with Gasteiger partial charge < -0.3 is 20.5 Å². The van der Waals surface area contributed by atoms with Crippen LogP contribution in [0.25, 0.3) is 0 Å². The number of hydrogen-bond donors (Lipinski definition) is 2. The van der Waals surface area contributed by atoms with Crippen LogP contribution < -0.4 is 11.1 Å². The van der Waals surface area contributed by atoms with Crippen LogP contribution in [0.15, 0.2) is 0 Å². The molecule has 1 atom stereocenters. The second-order valence-corrected chi connectivity index (χ2v) is 4.38. The molecule has 6 heteroatoms. The van der Waals surface area contributed by atoms with Crippen molar-refractivity contribution < 1.29 is 19.1 Å². The van der Waals surface area contributed by atoms with E-state index in [0.29, 0.717) is 13.0 Å². The number of primary amides is 1. The Morgan fingerprint density at radius 3 is 2.31 bits per heavy atom. The first-order valence-corrected chi connectivity index (χ1v) is 5.04. The molecule has 0 fully saturated rings. The summed E-state index contributed by atoms with van der Waals surface area (Å²) in [5.41, 5.74) is 4.52. The quantitative estimate of drug-likeness (QED) is 0.718. The van der Waals surface area contributed by atoms with Crippen molar-refractivity contribution in [1.29, 1.82) is 0 Å². The van der Waals surface area contributed by atoms with Crippen LogP contribution in [0.3, 0.4) is 0 Å². The summed E-state index contributed by atoms with van der Waals surface area (Å²) in [6.07, 6.45) is -0.335. The topological polar surface area (TPSA) is 90.7 Å². The fraction of sp³-hybridized carbons (Fsp3) is 0.800. The molecule has 0 saturated carbocycles. The SMILES string of the molecule is COCC[C@H](NC(=O)OC(C)(C)C)C(N)=O. The summed E-state index contributed by atoms with van der Waals surface area (Å²) in [4.78, 5) is 22.4. The van der Waals surface area contributed by atoms with Crippen molar-refractivity contribution in [2.75, 3.05) is 13.7 Å². The average Bonchev–Trinajstić information content (AvgIpc) is 2.08. The summed E-state index contributed by atoms with van der Waals surface area (Å²) < 4.78 is 9.80. The molecule has 0 rings (SSSR count). The second kappa shape index (κ2) is 6.32. The van der Waals surface area contributed by atoms with Crippen molar-refractivity contribution >= 4 is 12.0 Å². The molecule has 0 aromatic heterocycles. The van der Waals surface area contributed by atoms with Gasteiger partial charge in [-0.05, 0) is 20.8 Å². The van der Waals surface area contributed by atoms with Crippen LogP contribution in [0.1, 0.15) is 27.2 Å². The molecule has 0 saturated heterocycles. The molecule has 16 heavy (non-hydrogen) atoms. The molecule has 0 aliphatic heterocycles. The predicted octanol–water partition coefficient (Wildman–Crippen LogP) is 0.401. The Morgan fingerprint density at radius 1 is 1.38 bits per heavy atom. The molecule has 0 radical (unpaired) electrons. The van der Waals surface area contributed by atoms with Crippen molar-refractivity contribution in [3.8, 4) is 0 Å². The molecular formula is C10H20N2O4. The number of carbonyl (C=O) groups is 2. The van der Waals surface area contributed by atoms with Crippen molar-refractivity contribution in [2.24, 2.45) is 5.73 Å². The van der Waals surface area contributed by atoms with Gasteiger partial charge in [0.25, 0.3) is 0 Å². The summed E-state index contributed by atoms with van der Waals surface area (Å²) in [6, 6.07) is -0.769. The molecule has 3 N–H and O–H groups in total. The number of alkyl carbamates (subject to hydrolysis) is 1. The molecule has 0 aliphatic rings. The third-order valence-electron chi connectivity index (χ3n) is 1.65. The van der Waals surface area contributed by atoms with Gasteiger partial charge in [-0.25, -0.2) is 4.79 Å². The number of ether oxygens (including phenoxy) is 2. The summed E-state index contributed by atoms with van der Waals surface area (Å²) in [7, 11) is 1.51. The van der Waals surface area contributed by atoms with Crippen molar-refractivity contribution in [1.82, 2.24) is 5.32 Å². The van der Waals surface area contributed by atoms with Gasteiger partial charge >= 0.3 is 6.09 Å². The van der Waals surface area contributed by atoms with Gasteiger partial charge in [0, 0.05) is 20.1 Å². The number of carbonyl (C=O) groups excluding carboxylic acids is 2. The number of amides is 2. The summed E-state index contributed by atoms with van der Waals surface area (Å²) in [5, 5.41) is 2.39. The standard InChI is InChI=1S/C10H20N2O4/c1-10(2,3)16-9(14)12-7(8(11)13)5-6-15-4/h7H,5-6H2,1-4H3,(H2,11,13)(H,12,14)/t7-/m0/s1. The van der Waals surface area contributed by atoms with Crippen LogP contribution in [0.4, 0.5) is 4.79 Å². The van der Waals surface area contributed by atoms with Crippen LogP contribution in [-0.2, 0) is 14.3 Å². The van der Waals surface area contributed by atoms with Gasteiger partial charge in [0.2, 0.25) is 5.91 Å². The third-order valence-corrected chi connectivity index (χ3v) is 1.65. The molecule has 0 unspecified atom stereocenters. The van der Waals surface area contributed by atoms with Gasteiger partial charge in [-0.15, -0.1) is 0 Å². The van der Waals surface area contributed by atoms with E-state index in [2.05, 4.69) is 5.32 Å². The number of nitrogens with two attached hydrogens (primary N) is 1. The lowest BCUT2D eigenvalue weighted by Gasteiger charge is -2.22. The fourth-order valence-corrected chi connectivity index (χ4v) is 0.971. The second-order valence-electron chi connectivity index (χ2n) is 4.38. The van der Waals surface area contributed by atoms with E-state index in [9.17, 15) is 9.59 Å². The van der Waals surface area contributed by atoms with E-state index in [-0.39, 0.29) is 0 Å². The Morgan fingerprint density at radius 2 is 1.94 bits per heavy atom. The first-order chi connectivity index (χ1) is 7.26. The average molecular weight is 232 g/mol. The maximum atomic E-state index is 11.4. The number of nitrogens with one attached hydrogen (secondary N) is 1. The summed E-state index contributed by atoms with van der Waals surface area (Å²) in [6.45, 7) is 5.55. The van der Waals surface area contributed by atoms with Crippen LogP contribution in [0.2, 0.25) is 0 Å². The fourth-order valence-electron chi connectivity index (χ4n) is 0.971. The van der Waals surface area contributed by atoms with Gasteiger partial charge in [0.05, 0.1) is 0 Å². The highest BCUT2D eigenvalue weighted by Gasteiger charge is 2.22. The minimum Gasteiger partial charge on any atom is -0.444 e. The highest BCUT2D eigenvalue weighted by molar-refractivity contribution is 5.84. The molecule has 0 heterocycles. The predicted molar refractivity (Wildman–Crippen MR) is 58.8 cm³/mol. The Bertz CT molecular complexity index is 248. The summed E-state index contributed by atoms with van der Waals surface area (Å²) in [5.74, 6) is -0.608. The summed E-state index contributed by atoms with van der Waals surface area (Å²) >= 11 is 0. The third kappa shape index (κ3) is 7.05. The maximum absolute atomic E-state index is 11.4. The smallest absolute Gasteiger partial charge is 0.408 e. The Kier molecular flexibility index (Phi) is 5.81. The van der Waals surface area contributed by atoms with E-state index in [1.807, 2.05) is 0 Å². The lowest BCUT2D eigenvalue weighted by atomic mass is 10.2. The lowest BCUT2D eigenvalue weighted by molar-refractivity contribution is -0.120. The van der Waals surface area contributed by atoms with Gasteiger partial charge in [0.1, 0.15) is 11.6 Å². The largest absolute Gasteiger partial charge is 0.444 e. The molecular weight excluding hydrogens is 212 g/mol. The van der Waals surface area contributed by atoms with Gasteiger partial charge in [-0.1, -0.05) is 0 Å². The maximum Gasteiger partial charge on any atom is 0.408 e. The first-order valence-electron chi connectivity index (χ1n) is 5.04. The van der Waals surface area contributed by atoms with E-state index in [4.69, 9.17) is 15.2 Å². The zero-order valence-electron chi connectivity index (χ0n) is 10.2. The van der Waals surface area contributed by atoms with Crippen LogP contribution >= 0.6 is 0 Å². The number of rotatable bonds is 5. The monoisotopic (exact) mass is 232 g/mol. The molecule has 2 amide bonds. The van der Waals surface area contributed by atoms with Crippen LogP contribution in [0, 0.1) is 0 Å². The molecule has 0 aliphatic carbocycles. The molecule has 0 bridgehead atoms. The Labute approximate surface area is 95.5 Å². The van der Waals surface area contributed by atoms with Crippen molar-refractivity contribution in [3.63, 3.8) is 0 Å². The number of hydrogen-bond acceptors (Lipinski definition) is 4. The molecule has 94 valence electrons. The molecule has 0 aromatic rings. The van der Waals surface area contributed by atoms with Gasteiger partial charge in [-0.2, -0.15) is 0 Å². The normalized spacial score (nSPS) is 13.0. The van der Waals surface area contributed by atoms with Crippen LogP contribution in [-0.4, -0.2) is 37.4 Å². The first kappa shape index (κ1) is 14.7. The highest BCUT2D eigenvalue weighted by atomic mass is 16.6. The minimum absolute atomic E-state index is 0.324. The Hall–Kier alpha value is -1.30. The molecule has 0 spiro atoms. The minimum atomic E-state index is -0.769. The van der Waals surface area contributed by atoms with Gasteiger partial charge in [0.15, 0.2) is 0 Å². The van der Waals surface area contributed by atoms with Crippen LogP contribution in [0.5, 0.6) is 0 Å². The van der Waals surface area contributed by atoms with Crippen molar-refractivity contribution in [2.45, 2.75) is 38.8 Å². The van der Waals surface area contributed by atoms with E-state index in [0.717, 1.165) is 0 Å². The van der Waals surface area contributed by atoms with E-state index in [1.165, 1.54) is 7.11 Å². The van der Waals surface area contributed by atoms with E-state index in [1.54, 1.807) is 20.8 Å². The van der Waals surface area contributed by atoms with Gasteiger partial charge in [-0.3, -0.25) is 4.79 Å². The zero-order chi connectivity index (χ0) is 12.8. The zero-order valence-corrected chi connectivity index (χ0v) is 10.2.